The van der Waals surface area contributed by atoms with E-state index in [9.17, 15) is 13.6 Å². The van der Waals surface area contributed by atoms with Crippen LogP contribution < -0.4 is 10.2 Å². The van der Waals surface area contributed by atoms with Crippen molar-refractivity contribution < 1.29 is 18.5 Å². The number of halogens is 2. The Hall–Kier alpha value is -2.38. The second-order valence-electron chi connectivity index (χ2n) is 6.34. The summed E-state index contributed by atoms with van der Waals surface area (Å²) in [7, 11) is 1.91. The molecule has 0 aliphatic heterocycles. The lowest BCUT2D eigenvalue weighted by Crippen LogP contribution is -3.08. The van der Waals surface area contributed by atoms with Gasteiger partial charge in [0.2, 0.25) is 0 Å². The molecule has 1 aromatic heterocycles. The van der Waals surface area contributed by atoms with Crippen LogP contribution in [0, 0.1) is 11.6 Å². The molecule has 136 valence electrons. The molecule has 1 unspecified atom stereocenters. The number of rotatable bonds is 6. The van der Waals surface area contributed by atoms with Gasteiger partial charge in [0.05, 0.1) is 23.3 Å². The van der Waals surface area contributed by atoms with E-state index in [0.29, 0.717) is 6.54 Å². The number of hydrogen-bond donors (Lipinski definition) is 2. The fraction of sp³-hybridized carbons (Fsp3) is 0.263. The number of amides is 1. The van der Waals surface area contributed by atoms with Crippen LogP contribution in [0.25, 0.3) is 10.2 Å². The maximum absolute atomic E-state index is 13.8. The predicted octanol–water partition coefficient (Wildman–Crippen LogP) is 2.47. The number of aromatic nitrogens is 1. The molecule has 1 amide bonds. The van der Waals surface area contributed by atoms with Gasteiger partial charge in [-0.15, -0.1) is 11.3 Å². The lowest BCUT2D eigenvalue weighted by Gasteiger charge is -2.17. The number of para-hydroxylation sites is 1. The highest BCUT2D eigenvalue weighted by molar-refractivity contribution is 7.18. The van der Waals surface area contributed by atoms with Crippen molar-refractivity contribution in [2.75, 3.05) is 13.6 Å². The van der Waals surface area contributed by atoms with Gasteiger partial charge >= 0.3 is 0 Å². The number of benzene rings is 2. The van der Waals surface area contributed by atoms with Gasteiger partial charge in [-0.05, 0) is 25.1 Å². The van der Waals surface area contributed by atoms with E-state index in [0.717, 1.165) is 26.2 Å². The van der Waals surface area contributed by atoms with Crippen molar-refractivity contribution in [2.24, 2.45) is 0 Å². The van der Waals surface area contributed by atoms with Crippen LogP contribution in [0.15, 0.2) is 42.5 Å². The lowest BCUT2D eigenvalue weighted by molar-refractivity contribution is -0.885. The zero-order chi connectivity index (χ0) is 18.7. The molecule has 1 heterocycles. The standard InChI is InChI=1S/C19H19F2N3OS/c1-12(14-8-7-13(20)9-15(14)21)22-18(25)10-24(2)11-19-23-16-5-3-4-6-17(16)26-19/h3-9,12H,10-11H2,1-2H3,(H,22,25)/p+1/t12-/m1/s1. The normalized spacial score (nSPS) is 13.5. The Morgan fingerprint density at radius 1 is 1.27 bits per heavy atom. The molecule has 2 N–H and O–H groups in total. The van der Waals surface area contributed by atoms with Gasteiger partial charge in [-0.2, -0.15) is 0 Å². The van der Waals surface area contributed by atoms with Crippen LogP contribution in [0.2, 0.25) is 0 Å². The predicted molar refractivity (Wildman–Crippen MR) is 98.0 cm³/mol. The summed E-state index contributed by atoms with van der Waals surface area (Å²) in [4.78, 5) is 17.8. The van der Waals surface area contributed by atoms with E-state index in [4.69, 9.17) is 0 Å². The maximum atomic E-state index is 13.8. The number of carbonyl (C=O) groups is 1. The number of thiazole rings is 1. The Morgan fingerprint density at radius 2 is 2.04 bits per heavy atom. The number of carbonyl (C=O) groups excluding carboxylic acids is 1. The zero-order valence-corrected chi connectivity index (χ0v) is 15.4. The van der Waals surface area contributed by atoms with Crippen molar-refractivity contribution in [3.05, 3.63) is 64.7 Å². The summed E-state index contributed by atoms with van der Waals surface area (Å²) < 4.78 is 27.9. The molecule has 0 bridgehead atoms. The molecular weight excluding hydrogens is 356 g/mol. The molecule has 2 atom stereocenters. The van der Waals surface area contributed by atoms with Crippen molar-refractivity contribution in [3.8, 4) is 0 Å². The molecule has 3 rings (SSSR count). The molecule has 3 aromatic rings. The third kappa shape index (κ3) is 4.42. The fourth-order valence-corrected chi connectivity index (χ4v) is 3.89. The number of likely N-dealkylation sites (N-methyl/N-ethyl adjacent to an activating group) is 1. The van der Waals surface area contributed by atoms with Crippen molar-refractivity contribution in [1.29, 1.82) is 0 Å². The minimum Gasteiger partial charge on any atom is -0.345 e. The van der Waals surface area contributed by atoms with Gasteiger partial charge in [-0.3, -0.25) is 4.79 Å². The van der Waals surface area contributed by atoms with E-state index >= 15 is 0 Å². The summed E-state index contributed by atoms with van der Waals surface area (Å²) in [5.41, 5.74) is 1.23. The summed E-state index contributed by atoms with van der Waals surface area (Å²) in [5.74, 6) is -1.49. The molecule has 4 nitrogen and oxygen atoms in total. The molecule has 0 saturated heterocycles. The number of nitrogens with one attached hydrogen (secondary N) is 2. The number of nitrogens with zero attached hydrogens (tertiary/aromatic N) is 1. The van der Waals surface area contributed by atoms with E-state index in [2.05, 4.69) is 10.3 Å². The largest absolute Gasteiger partial charge is 0.345 e. The highest BCUT2D eigenvalue weighted by Gasteiger charge is 2.18. The molecule has 2 aromatic carbocycles. The average molecular weight is 376 g/mol. The Morgan fingerprint density at radius 3 is 2.77 bits per heavy atom. The highest BCUT2D eigenvalue weighted by atomic mass is 32.1. The Bertz CT molecular complexity index is 895. The zero-order valence-electron chi connectivity index (χ0n) is 14.6. The van der Waals surface area contributed by atoms with Gasteiger partial charge < -0.3 is 10.2 Å². The first-order chi connectivity index (χ1) is 12.4. The number of hydrogen-bond acceptors (Lipinski definition) is 3. The molecule has 0 radical (unpaired) electrons. The van der Waals surface area contributed by atoms with E-state index in [1.807, 2.05) is 31.3 Å². The second kappa shape index (κ2) is 7.88. The van der Waals surface area contributed by atoms with Crippen LogP contribution in [-0.4, -0.2) is 24.5 Å². The third-order valence-electron chi connectivity index (χ3n) is 4.06. The number of quaternary nitrogens is 1. The molecule has 26 heavy (non-hydrogen) atoms. The number of fused-ring (bicyclic) bond motifs is 1. The molecule has 0 saturated carbocycles. The molecule has 7 heteroatoms. The maximum Gasteiger partial charge on any atom is 0.275 e. The summed E-state index contributed by atoms with van der Waals surface area (Å²) in [6.45, 7) is 2.55. The van der Waals surface area contributed by atoms with E-state index < -0.39 is 17.7 Å². The van der Waals surface area contributed by atoms with Crippen LogP contribution in [0.4, 0.5) is 8.78 Å². The quantitative estimate of drug-likeness (QED) is 0.694. The SMILES string of the molecule is C[C@@H](NC(=O)C[NH+](C)Cc1nc2ccccc2s1)c1ccc(F)cc1F. The van der Waals surface area contributed by atoms with Gasteiger partial charge in [0, 0.05) is 11.6 Å². The van der Waals surface area contributed by atoms with E-state index in [-0.39, 0.29) is 18.0 Å². The van der Waals surface area contributed by atoms with Gasteiger partial charge in [0.15, 0.2) is 6.54 Å². The van der Waals surface area contributed by atoms with Crippen LogP contribution in [0.5, 0.6) is 0 Å². The minimum absolute atomic E-state index is 0.195. The van der Waals surface area contributed by atoms with Crippen molar-refractivity contribution in [1.82, 2.24) is 10.3 Å². The van der Waals surface area contributed by atoms with E-state index in [1.54, 1.807) is 18.3 Å². The average Bonchev–Trinajstić information content (AvgIpc) is 2.96. The summed E-state index contributed by atoms with van der Waals surface area (Å²) in [6, 6.07) is 10.8. The van der Waals surface area contributed by atoms with Crippen LogP contribution >= 0.6 is 11.3 Å². The molecule has 0 aliphatic carbocycles. The topological polar surface area (TPSA) is 46.4 Å². The lowest BCUT2D eigenvalue weighted by atomic mass is 10.1. The Kier molecular flexibility index (Phi) is 5.58. The molecular formula is C19H20F2N3OS+. The summed E-state index contributed by atoms with van der Waals surface area (Å²) >= 11 is 1.62. The van der Waals surface area contributed by atoms with Gasteiger partial charge in [0.1, 0.15) is 23.2 Å². The molecule has 0 fully saturated rings. The monoisotopic (exact) mass is 376 g/mol. The first-order valence-electron chi connectivity index (χ1n) is 8.32. The summed E-state index contributed by atoms with van der Waals surface area (Å²) in [6.07, 6.45) is 0. The van der Waals surface area contributed by atoms with Crippen LogP contribution in [-0.2, 0) is 11.3 Å². The minimum atomic E-state index is -0.659. The van der Waals surface area contributed by atoms with Gasteiger partial charge in [-0.1, -0.05) is 18.2 Å². The van der Waals surface area contributed by atoms with Crippen molar-refractivity contribution in [2.45, 2.75) is 19.5 Å². The first-order valence-corrected chi connectivity index (χ1v) is 9.14. The first kappa shape index (κ1) is 18.4. The second-order valence-corrected chi connectivity index (χ2v) is 7.46. The van der Waals surface area contributed by atoms with Crippen molar-refractivity contribution in [3.63, 3.8) is 0 Å². The van der Waals surface area contributed by atoms with E-state index in [1.165, 1.54) is 12.1 Å². The van der Waals surface area contributed by atoms with Crippen LogP contribution in [0.3, 0.4) is 0 Å². The molecule has 0 spiro atoms. The van der Waals surface area contributed by atoms with Gasteiger partial charge in [-0.25, -0.2) is 13.8 Å². The Labute approximate surface area is 154 Å². The van der Waals surface area contributed by atoms with Crippen LogP contribution in [0.1, 0.15) is 23.5 Å². The fourth-order valence-electron chi connectivity index (χ4n) is 2.81. The molecule has 0 aliphatic rings. The smallest absolute Gasteiger partial charge is 0.275 e. The van der Waals surface area contributed by atoms with Gasteiger partial charge in [0.25, 0.3) is 5.91 Å². The highest BCUT2D eigenvalue weighted by Crippen LogP contribution is 2.20. The van der Waals surface area contributed by atoms with Crippen molar-refractivity contribution >= 4 is 27.5 Å². The summed E-state index contributed by atoms with van der Waals surface area (Å²) in [5, 5.41) is 3.73. The third-order valence-corrected chi connectivity index (χ3v) is 5.10. The Balaban J connectivity index is 1.56.